The lowest BCUT2D eigenvalue weighted by Crippen LogP contribution is -2.25. The van der Waals surface area contributed by atoms with Crippen LogP contribution in [0.1, 0.15) is 33.9 Å². The maximum atomic E-state index is 12.3. The third-order valence-electron chi connectivity index (χ3n) is 4.24. The zero-order chi connectivity index (χ0) is 16.5. The van der Waals surface area contributed by atoms with Crippen molar-refractivity contribution in [3.8, 4) is 0 Å². The molecule has 2 heterocycles. The summed E-state index contributed by atoms with van der Waals surface area (Å²) < 4.78 is 5.68. The Morgan fingerprint density at radius 1 is 1.17 bits per heavy atom. The Bertz CT molecular complexity index is 910. The summed E-state index contributed by atoms with van der Waals surface area (Å²) >= 11 is 0. The quantitative estimate of drug-likeness (QED) is 0.805. The average molecular weight is 320 g/mol. The highest BCUT2D eigenvalue weighted by Gasteiger charge is 2.19. The number of benzene rings is 1. The van der Waals surface area contributed by atoms with E-state index >= 15 is 0 Å². The summed E-state index contributed by atoms with van der Waals surface area (Å²) in [5, 5.41) is 3.82. The molecule has 0 saturated heterocycles. The van der Waals surface area contributed by atoms with Crippen LogP contribution in [0, 0.1) is 0 Å². The van der Waals surface area contributed by atoms with E-state index in [-0.39, 0.29) is 11.7 Å². The van der Waals surface area contributed by atoms with Crippen LogP contribution in [0.15, 0.2) is 46.9 Å². The number of rotatable bonds is 3. The number of aromatic nitrogens is 1. The van der Waals surface area contributed by atoms with Crippen LogP contribution in [0.5, 0.6) is 0 Å². The molecule has 1 aliphatic carbocycles. The topological polar surface area (TPSA) is 72.2 Å². The second-order valence-corrected chi connectivity index (χ2v) is 5.95. The van der Waals surface area contributed by atoms with Crippen LogP contribution >= 0.6 is 0 Å². The number of hydrogen-bond donors (Lipinski definition) is 1. The number of furan rings is 1. The number of nitrogens with one attached hydrogen (secondary N) is 1. The van der Waals surface area contributed by atoms with E-state index in [2.05, 4.69) is 10.3 Å². The molecule has 0 atom stereocenters. The molecule has 0 saturated carbocycles. The SMILES string of the molecule is O=C1CCc2ccc(C(=O)NCc3cc4ccccc4o3)nc2C1. The molecule has 4 rings (SSSR count). The van der Waals surface area contributed by atoms with Gasteiger partial charge in [0.25, 0.3) is 5.91 Å². The molecule has 0 radical (unpaired) electrons. The number of pyridine rings is 1. The standard InChI is InChI=1S/C19H16N2O3/c22-14-7-5-12-6-8-16(21-17(12)10-14)19(23)20-11-15-9-13-3-1-2-4-18(13)24-15/h1-4,6,8-9H,5,7,10-11H2,(H,20,23). The first-order chi connectivity index (χ1) is 11.7. The third kappa shape index (κ3) is 2.80. The highest BCUT2D eigenvalue weighted by molar-refractivity contribution is 5.92. The smallest absolute Gasteiger partial charge is 0.270 e. The zero-order valence-corrected chi connectivity index (χ0v) is 13.0. The van der Waals surface area contributed by atoms with Gasteiger partial charge in [0.1, 0.15) is 22.8 Å². The second kappa shape index (κ2) is 5.92. The minimum atomic E-state index is -0.267. The van der Waals surface area contributed by atoms with Crippen LogP contribution in [-0.4, -0.2) is 16.7 Å². The molecule has 1 aromatic carbocycles. The van der Waals surface area contributed by atoms with Crippen molar-refractivity contribution >= 4 is 22.7 Å². The van der Waals surface area contributed by atoms with Crippen LogP contribution in [0.25, 0.3) is 11.0 Å². The van der Waals surface area contributed by atoms with Gasteiger partial charge in [-0.1, -0.05) is 24.3 Å². The highest BCUT2D eigenvalue weighted by Crippen LogP contribution is 2.19. The van der Waals surface area contributed by atoms with E-state index in [0.717, 1.165) is 22.2 Å². The molecule has 0 fully saturated rings. The summed E-state index contributed by atoms with van der Waals surface area (Å²) in [6, 6.07) is 13.2. The summed E-state index contributed by atoms with van der Waals surface area (Å²) in [5.74, 6) is 0.601. The zero-order valence-electron chi connectivity index (χ0n) is 13.0. The number of ketones is 1. The molecular weight excluding hydrogens is 304 g/mol. The van der Waals surface area contributed by atoms with Crippen LogP contribution in [0.3, 0.4) is 0 Å². The molecular formula is C19H16N2O3. The molecule has 5 heteroatoms. The number of para-hydroxylation sites is 1. The van der Waals surface area contributed by atoms with Gasteiger partial charge in [-0.3, -0.25) is 9.59 Å². The highest BCUT2D eigenvalue weighted by atomic mass is 16.3. The Kier molecular flexibility index (Phi) is 3.61. The van der Waals surface area contributed by atoms with E-state index in [1.807, 2.05) is 36.4 Å². The van der Waals surface area contributed by atoms with Gasteiger partial charge >= 0.3 is 0 Å². The van der Waals surface area contributed by atoms with Crippen molar-refractivity contribution < 1.29 is 14.0 Å². The summed E-state index contributed by atoms with van der Waals surface area (Å²) in [6.07, 6.45) is 1.59. The van der Waals surface area contributed by atoms with Crippen LogP contribution in [0.4, 0.5) is 0 Å². The van der Waals surface area contributed by atoms with E-state index in [1.165, 1.54) is 0 Å². The number of carbonyl (C=O) groups excluding carboxylic acids is 2. The maximum absolute atomic E-state index is 12.3. The van der Waals surface area contributed by atoms with Gasteiger partial charge in [-0.15, -0.1) is 0 Å². The van der Waals surface area contributed by atoms with E-state index < -0.39 is 0 Å². The third-order valence-corrected chi connectivity index (χ3v) is 4.24. The van der Waals surface area contributed by atoms with Crippen molar-refractivity contribution in [2.75, 3.05) is 0 Å². The monoisotopic (exact) mass is 320 g/mol. The number of hydrogen-bond acceptors (Lipinski definition) is 4. The van der Waals surface area contributed by atoms with Crippen molar-refractivity contribution in [3.63, 3.8) is 0 Å². The largest absolute Gasteiger partial charge is 0.459 e. The molecule has 2 aromatic heterocycles. The Hall–Kier alpha value is -2.95. The molecule has 120 valence electrons. The molecule has 3 aromatic rings. The lowest BCUT2D eigenvalue weighted by molar-refractivity contribution is -0.118. The van der Waals surface area contributed by atoms with Gasteiger partial charge in [-0.2, -0.15) is 0 Å². The van der Waals surface area contributed by atoms with Gasteiger partial charge in [-0.25, -0.2) is 4.98 Å². The molecule has 0 aliphatic heterocycles. The molecule has 24 heavy (non-hydrogen) atoms. The molecule has 1 N–H and O–H groups in total. The van der Waals surface area contributed by atoms with Crippen LogP contribution < -0.4 is 5.32 Å². The number of fused-ring (bicyclic) bond motifs is 2. The van der Waals surface area contributed by atoms with Crippen molar-refractivity contribution in [1.29, 1.82) is 0 Å². The van der Waals surface area contributed by atoms with Gasteiger partial charge in [0.2, 0.25) is 0 Å². The normalized spacial score (nSPS) is 13.8. The van der Waals surface area contributed by atoms with E-state index in [1.54, 1.807) is 6.07 Å². The molecule has 5 nitrogen and oxygen atoms in total. The first kappa shape index (κ1) is 14.6. The first-order valence-corrected chi connectivity index (χ1v) is 7.95. The van der Waals surface area contributed by atoms with Gasteiger partial charge in [0.05, 0.1) is 12.2 Å². The van der Waals surface area contributed by atoms with Crippen molar-refractivity contribution in [1.82, 2.24) is 10.3 Å². The molecule has 1 aliphatic rings. The number of aryl methyl sites for hydroxylation is 1. The van der Waals surface area contributed by atoms with Gasteiger partial charge in [-0.05, 0) is 30.2 Å². The van der Waals surface area contributed by atoms with Crippen LogP contribution in [-0.2, 0) is 24.2 Å². The van der Waals surface area contributed by atoms with E-state index in [4.69, 9.17) is 4.42 Å². The fourth-order valence-electron chi connectivity index (χ4n) is 2.97. The first-order valence-electron chi connectivity index (χ1n) is 7.95. The minimum Gasteiger partial charge on any atom is -0.459 e. The molecule has 1 amide bonds. The number of nitrogens with zero attached hydrogens (tertiary/aromatic N) is 1. The molecule has 0 unspecified atom stereocenters. The van der Waals surface area contributed by atoms with E-state index in [9.17, 15) is 9.59 Å². The van der Waals surface area contributed by atoms with Crippen molar-refractivity contribution in [2.24, 2.45) is 0 Å². The summed E-state index contributed by atoms with van der Waals surface area (Å²) in [5.41, 5.74) is 2.91. The number of Topliss-reactive ketones (excluding diaryl/α,β-unsaturated/α-hetero) is 1. The van der Waals surface area contributed by atoms with Crippen LogP contribution in [0.2, 0.25) is 0 Å². The number of carbonyl (C=O) groups is 2. The second-order valence-electron chi connectivity index (χ2n) is 5.95. The fraction of sp³-hybridized carbons (Fsp3) is 0.211. The summed E-state index contributed by atoms with van der Waals surface area (Å²) in [4.78, 5) is 28.2. The van der Waals surface area contributed by atoms with Gasteiger partial charge in [0.15, 0.2) is 0 Å². The van der Waals surface area contributed by atoms with Crippen molar-refractivity contribution in [2.45, 2.75) is 25.8 Å². The fourth-order valence-corrected chi connectivity index (χ4v) is 2.97. The number of amides is 1. The van der Waals surface area contributed by atoms with E-state index in [0.29, 0.717) is 37.3 Å². The Morgan fingerprint density at radius 2 is 2.04 bits per heavy atom. The molecule has 0 bridgehead atoms. The lowest BCUT2D eigenvalue weighted by Gasteiger charge is -2.14. The minimum absolute atomic E-state index is 0.176. The van der Waals surface area contributed by atoms with Gasteiger partial charge < -0.3 is 9.73 Å². The Morgan fingerprint density at radius 3 is 2.92 bits per heavy atom. The Labute approximate surface area is 138 Å². The predicted octanol–water partition coefficient (Wildman–Crippen LogP) is 2.82. The average Bonchev–Trinajstić information content (AvgIpc) is 3.02. The Balaban J connectivity index is 1.48. The summed E-state index contributed by atoms with van der Waals surface area (Å²) in [6.45, 7) is 0.297. The lowest BCUT2D eigenvalue weighted by atomic mass is 9.95. The molecule has 0 spiro atoms. The van der Waals surface area contributed by atoms with Crippen molar-refractivity contribution in [3.05, 3.63) is 65.2 Å². The predicted molar refractivity (Wildman–Crippen MR) is 88.7 cm³/mol. The summed E-state index contributed by atoms with van der Waals surface area (Å²) in [7, 11) is 0. The maximum Gasteiger partial charge on any atom is 0.270 e. The van der Waals surface area contributed by atoms with Gasteiger partial charge in [0, 0.05) is 18.2 Å².